The highest BCUT2D eigenvalue weighted by Gasteiger charge is 2.22. The maximum absolute atomic E-state index is 12.1. The Balaban J connectivity index is 1.81. The Morgan fingerprint density at radius 1 is 1.43 bits per heavy atom. The summed E-state index contributed by atoms with van der Waals surface area (Å²) >= 11 is 0. The van der Waals surface area contributed by atoms with E-state index in [4.69, 9.17) is 0 Å². The number of hydrogen-bond acceptors (Lipinski definition) is 2. The van der Waals surface area contributed by atoms with Crippen LogP contribution in [0, 0.1) is 12.8 Å². The number of rotatable bonds is 5. The first kappa shape index (κ1) is 15.7. The van der Waals surface area contributed by atoms with Crippen LogP contribution in [0.3, 0.4) is 0 Å². The Labute approximate surface area is 128 Å². The van der Waals surface area contributed by atoms with Gasteiger partial charge in [-0.05, 0) is 37.8 Å². The number of anilines is 1. The minimum atomic E-state index is 0.0835. The Hall–Kier alpha value is -1.71. The molecule has 116 valence electrons. The van der Waals surface area contributed by atoms with Crippen LogP contribution in [0.5, 0.6) is 0 Å². The van der Waals surface area contributed by atoms with Gasteiger partial charge in [-0.1, -0.05) is 25.1 Å². The molecule has 1 aliphatic rings. The van der Waals surface area contributed by atoms with Crippen LogP contribution >= 0.6 is 0 Å². The smallest absolute Gasteiger partial charge is 0.317 e. The molecule has 1 heterocycles. The van der Waals surface area contributed by atoms with Gasteiger partial charge in [0.2, 0.25) is 0 Å². The maximum Gasteiger partial charge on any atom is 0.317 e. The lowest BCUT2D eigenvalue weighted by atomic mass is 10.2. The van der Waals surface area contributed by atoms with Gasteiger partial charge in [0.15, 0.2) is 0 Å². The number of nitrogens with one attached hydrogen (secondary N) is 1. The number of aryl methyl sites for hydroxylation is 1. The number of carbonyl (C=O) groups excluding carboxylic acids is 1. The van der Waals surface area contributed by atoms with Gasteiger partial charge in [0.05, 0.1) is 0 Å². The van der Waals surface area contributed by atoms with Crippen LogP contribution in [0.25, 0.3) is 0 Å². The number of para-hydroxylation sites is 1. The molecule has 1 N–H and O–H groups in total. The second-order valence-corrected chi connectivity index (χ2v) is 5.94. The molecule has 0 saturated carbocycles. The summed E-state index contributed by atoms with van der Waals surface area (Å²) in [5, 5.41) is 3.04. The number of urea groups is 1. The highest BCUT2D eigenvalue weighted by atomic mass is 16.2. The quantitative estimate of drug-likeness (QED) is 0.904. The maximum atomic E-state index is 12.1. The largest absolute Gasteiger partial charge is 0.370 e. The third kappa shape index (κ3) is 4.13. The SMILES string of the molecule is CCN(CCNC(=O)N1CCC(C)C1)c1ccccc1C. The normalized spacial score (nSPS) is 17.9. The van der Waals surface area contributed by atoms with Gasteiger partial charge in [-0.2, -0.15) is 0 Å². The molecule has 0 aliphatic carbocycles. The van der Waals surface area contributed by atoms with Crippen molar-refractivity contribution in [2.75, 3.05) is 37.6 Å². The summed E-state index contributed by atoms with van der Waals surface area (Å²) in [6.07, 6.45) is 1.12. The molecule has 4 nitrogen and oxygen atoms in total. The van der Waals surface area contributed by atoms with Crippen molar-refractivity contribution in [1.29, 1.82) is 0 Å². The molecule has 0 bridgehead atoms. The molecule has 1 atom stereocenters. The number of amides is 2. The molecule has 0 spiro atoms. The van der Waals surface area contributed by atoms with E-state index in [1.54, 1.807) is 0 Å². The van der Waals surface area contributed by atoms with Gasteiger partial charge in [-0.25, -0.2) is 4.79 Å². The second-order valence-electron chi connectivity index (χ2n) is 5.94. The van der Waals surface area contributed by atoms with E-state index in [2.05, 4.69) is 55.3 Å². The van der Waals surface area contributed by atoms with E-state index in [9.17, 15) is 4.79 Å². The zero-order chi connectivity index (χ0) is 15.2. The van der Waals surface area contributed by atoms with Crippen molar-refractivity contribution >= 4 is 11.7 Å². The zero-order valence-corrected chi connectivity index (χ0v) is 13.4. The third-order valence-corrected chi connectivity index (χ3v) is 4.21. The Morgan fingerprint density at radius 3 is 2.81 bits per heavy atom. The third-order valence-electron chi connectivity index (χ3n) is 4.21. The highest BCUT2D eigenvalue weighted by Crippen LogP contribution is 2.18. The number of hydrogen-bond donors (Lipinski definition) is 1. The summed E-state index contributed by atoms with van der Waals surface area (Å²) in [6, 6.07) is 8.48. The molecule has 1 saturated heterocycles. The van der Waals surface area contributed by atoms with Crippen LogP contribution in [-0.4, -0.2) is 43.7 Å². The van der Waals surface area contributed by atoms with E-state index >= 15 is 0 Å². The molecule has 1 aliphatic heterocycles. The van der Waals surface area contributed by atoms with Crippen LogP contribution in [0.15, 0.2) is 24.3 Å². The Bertz CT molecular complexity index is 475. The standard InChI is InChI=1S/C17H27N3O/c1-4-19(16-8-6-5-7-15(16)3)12-10-18-17(21)20-11-9-14(2)13-20/h5-8,14H,4,9-13H2,1-3H3,(H,18,21). The molecular weight excluding hydrogens is 262 g/mol. The van der Waals surface area contributed by atoms with Crippen molar-refractivity contribution in [1.82, 2.24) is 10.2 Å². The first-order valence-corrected chi connectivity index (χ1v) is 7.95. The molecule has 0 radical (unpaired) electrons. The summed E-state index contributed by atoms with van der Waals surface area (Å²) in [5.74, 6) is 0.634. The van der Waals surface area contributed by atoms with E-state index in [1.165, 1.54) is 11.3 Å². The monoisotopic (exact) mass is 289 g/mol. The summed E-state index contributed by atoms with van der Waals surface area (Å²) in [7, 11) is 0. The Kier molecular flexibility index (Phi) is 5.48. The fourth-order valence-electron chi connectivity index (χ4n) is 2.90. The van der Waals surface area contributed by atoms with Crippen molar-refractivity contribution in [2.24, 2.45) is 5.92 Å². The van der Waals surface area contributed by atoms with Crippen molar-refractivity contribution in [3.8, 4) is 0 Å². The topological polar surface area (TPSA) is 35.6 Å². The number of likely N-dealkylation sites (tertiary alicyclic amines) is 1. The van der Waals surface area contributed by atoms with Crippen molar-refractivity contribution in [2.45, 2.75) is 27.2 Å². The van der Waals surface area contributed by atoms with Crippen molar-refractivity contribution in [3.05, 3.63) is 29.8 Å². The van der Waals surface area contributed by atoms with Gasteiger partial charge in [0.25, 0.3) is 0 Å². The van der Waals surface area contributed by atoms with Crippen LogP contribution in [0.1, 0.15) is 25.8 Å². The van der Waals surface area contributed by atoms with E-state index in [0.29, 0.717) is 12.5 Å². The highest BCUT2D eigenvalue weighted by molar-refractivity contribution is 5.74. The average Bonchev–Trinajstić information content (AvgIpc) is 2.91. The van der Waals surface area contributed by atoms with Crippen molar-refractivity contribution in [3.63, 3.8) is 0 Å². The van der Waals surface area contributed by atoms with Crippen LogP contribution < -0.4 is 10.2 Å². The van der Waals surface area contributed by atoms with E-state index in [1.807, 2.05) is 4.90 Å². The first-order chi connectivity index (χ1) is 10.1. The summed E-state index contributed by atoms with van der Waals surface area (Å²) in [5.41, 5.74) is 2.53. The van der Waals surface area contributed by atoms with Gasteiger partial charge in [0, 0.05) is 38.4 Å². The van der Waals surface area contributed by atoms with Crippen LogP contribution in [0.4, 0.5) is 10.5 Å². The molecule has 1 unspecified atom stereocenters. The summed E-state index contributed by atoms with van der Waals surface area (Å²) in [6.45, 7) is 10.7. The van der Waals surface area contributed by atoms with E-state index in [-0.39, 0.29) is 6.03 Å². The molecule has 1 aromatic carbocycles. The lowest BCUT2D eigenvalue weighted by Crippen LogP contribution is -2.42. The van der Waals surface area contributed by atoms with Gasteiger partial charge in [-0.3, -0.25) is 0 Å². The molecule has 4 heteroatoms. The van der Waals surface area contributed by atoms with Gasteiger partial charge >= 0.3 is 6.03 Å². The van der Waals surface area contributed by atoms with Gasteiger partial charge < -0.3 is 15.1 Å². The van der Waals surface area contributed by atoms with Gasteiger partial charge in [-0.15, -0.1) is 0 Å². The molecular formula is C17H27N3O. The lowest BCUT2D eigenvalue weighted by molar-refractivity contribution is 0.207. The van der Waals surface area contributed by atoms with Crippen molar-refractivity contribution < 1.29 is 4.79 Å². The molecule has 0 aromatic heterocycles. The average molecular weight is 289 g/mol. The number of likely N-dealkylation sites (N-methyl/N-ethyl adjacent to an activating group) is 1. The van der Waals surface area contributed by atoms with Crippen LogP contribution in [0.2, 0.25) is 0 Å². The fourth-order valence-corrected chi connectivity index (χ4v) is 2.90. The minimum Gasteiger partial charge on any atom is -0.370 e. The lowest BCUT2D eigenvalue weighted by Gasteiger charge is -2.25. The summed E-state index contributed by atoms with van der Waals surface area (Å²) in [4.78, 5) is 16.3. The number of carbonyl (C=O) groups is 1. The number of nitrogens with zero attached hydrogens (tertiary/aromatic N) is 2. The molecule has 21 heavy (non-hydrogen) atoms. The molecule has 1 aromatic rings. The van der Waals surface area contributed by atoms with Gasteiger partial charge in [0.1, 0.15) is 0 Å². The second kappa shape index (κ2) is 7.34. The predicted octanol–water partition coefficient (Wildman–Crippen LogP) is 2.87. The van der Waals surface area contributed by atoms with Crippen LogP contribution in [-0.2, 0) is 0 Å². The number of benzene rings is 1. The Morgan fingerprint density at radius 2 is 2.19 bits per heavy atom. The first-order valence-electron chi connectivity index (χ1n) is 7.95. The fraction of sp³-hybridized carbons (Fsp3) is 0.588. The molecule has 2 amide bonds. The molecule has 1 fully saturated rings. The predicted molar refractivity (Wildman–Crippen MR) is 87.8 cm³/mol. The molecule has 2 rings (SSSR count). The van der Waals surface area contributed by atoms with E-state index in [0.717, 1.165) is 32.6 Å². The zero-order valence-electron chi connectivity index (χ0n) is 13.4. The minimum absolute atomic E-state index is 0.0835. The summed E-state index contributed by atoms with van der Waals surface area (Å²) < 4.78 is 0. The van der Waals surface area contributed by atoms with E-state index < -0.39 is 0 Å².